The molecule has 6 heteroatoms. The van der Waals surface area contributed by atoms with Gasteiger partial charge < -0.3 is 16.2 Å². The molecule has 0 aliphatic carbocycles. The molecule has 1 atom stereocenters. The highest BCUT2D eigenvalue weighted by molar-refractivity contribution is 6.31. The number of esters is 1. The maximum atomic E-state index is 12.1. The Bertz CT molecular complexity index is 520. The van der Waals surface area contributed by atoms with Crippen LogP contribution in [0.1, 0.15) is 49.4 Å². The Labute approximate surface area is 136 Å². The van der Waals surface area contributed by atoms with Crippen molar-refractivity contribution >= 4 is 29.0 Å². The molecular formula is C16H23ClN2O3. The molecule has 0 radical (unpaired) electrons. The number of carbonyl (C=O) groups is 2. The van der Waals surface area contributed by atoms with Crippen molar-refractivity contribution in [2.24, 2.45) is 5.73 Å². The highest BCUT2D eigenvalue weighted by Crippen LogP contribution is 2.19. The first kappa shape index (κ1) is 18.5. The summed E-state index contributed by atoms with van der Waals surface area (Å²) < 4.78 is 5.07. The van der Waals surface area contributed by atoms with Crippen molar-refractivity contribution in [1.82, 2.24) is 0 Å². The van der Waals surface area contributed by atoms with Crippen LogP contribution in [0.4, 0.5) is 5.69 Å². The minimum absolute atomic E-state index is 0.139. The fraction of sp³-hybridized carbons (Fsp3) is 0.500. The Morgan fingerprint density at radius 3 is 2.64 bits per heavy atom. The molecule has 122 valence electrons. The fourth-order valence-electron chi connectivity index (χ4n) is 1.99. The molecule has 0 saturated heterocycles. The largest absolute Gasteiger partial charge is 0.465 e. The highest BCUT2D eigenvalue weighted by atomic mass is 35.5. The summed E-state index contributed by atoms with van der Waals surface area (Å²) in [5, 5.41) is 0.449. The zero-order valence-corrected chi connectivity index (χ0v) is 13.6. The predicted octanol–water partition coefficient (Wildman–Crippen LogP) is 2.95. The third-order valence-electron chi connectivity index (χ3n) is 3.26. The van der Waals surface area contributed by atoms with Gasteiger partial charge in [-0.05, 0) is 24.6 Å². The number of carbonyl (C=O) groups excluding carboxylic acids is 2. The molecule has 1 rings (SSSR count). The molecular weight excluding hydrogens is 304 g/mol. The van der Waals surface area contributed by atoms with Crippen LogP contribution < -0.4 is 11.5 Å². The molecule has 0 fully saturated rings. The molecule has 0 aliphatic heterocycles. The first-order chi connectivity index (χ1) is 10.5. The second kappa shape index (κ2) is 9.43. The highest BCUT2D eigenvalue weighted by Gasteiger charge is 2.21. The fourth-order valence-corrected chi connectivity index (χ4v) is 2.17. The Balaban J connectivity index is 2.44. The molecule has 1 aromatic carbocycles. The minimum atomic E-state index is -0.978. The van der Waals surface area contributed by atoms with Gasteiger partial charge in [0.25, 0.3) is 0 Å². The van der Waals surface area contributed by atoms with Crippen LogP contribution >= 0.6 is 11.6 Å². The van der Waals surface area contributed by atoms with Gasteiger partial charge in [0.2, 0.25) is 0 Å². The van der Waals surface area contributed by atoms with Crippen LogP contribution in [-0.4, -0.2) is 24.4 Å². The lowest BCUT2D eigenvalue weighted by molar-refractivity contribution is -0.145. The molecule has 0 aliphatic rings. The number of halogens is 1. The number of nitrogens with two attached hydrogens (primary N) is 2. The van der Waals surface area contributed by atoms with E-state index in [-0.39, 0.29) is 17.9 Å². The van der Waals surface area contributed by atoms with Gasteiger partial charge in [0.05, 0.1) is 6.61 Å². The molecule has 5 nitrogen and oxygen atoms in total. The monoisotopic (exact) mass is 326 g/mol. The number of unbranched alkanes of at least 4 members (excludes halogenated alkanes) is 3. The van der Waals surface area contributed by atoms with E-state index in [2.05, 4.69) is 6.92 Å². The first-order valence-corrected chi connectivity index (χ1v) is 7.84. The Kier molecular flexibility index (Phi) is 7.91. The van der Waals surface area contributed by atoms with Gasteiger partial charge >= 0.3 is 5.97 Å². The molecule has 0 heterocycles. The zero-order chi connectivity index (χ0) is 16.5. The quantitative estimate of drug-likeness (QED) is 0.315. The molecule has 22 heavy (non-hydrogen) atoms. The molecule has 1 aromatic rings. The van der Waals surface area contributed by atoms with Gasteiger partial charge in [0.1, 0.15) is 6.04 Å². The van der Waals surface area contributed by atoms with Crippen molar-refractivity contribution in [3.05, 3.63) is 28.8 Å². The van der Waals surface area contributed by atoms with Crippen molar-refractivity contribution in [2.75, 3.05) is 12.3 Å². The molecule has 0 spiro atoms. The van der Waals surface area contributed by atoms with Gasteiger partial charge in [-0.15, -0.1) is 0 Å². The second-order valence-electron chi connectivity index (χ2n) is 5.19. The summed E-state index contributed by atoms with van der Waals surface area (Å²) >= 11 is 5.78. The van der Waals surface area contributed by atoms with Crippen LogP contribution in [0.15, 0.2) is 18.2 Å². The normalized spacial score (nSPS) is 12.0. The molecule has 4 N–H and O–H groups in total. The first-order valence-electron chi connectivity index (χ1n) is 7.46. The van der Waals surface area contributed by atoms with Gasteiger partial charge in [0.15, 0.2) is 5.78 Å². The Hall–Kier alpha value is -1.59. The summed E-state index contributed by atoms with van der Waals surface area (Å²) in [7, 11) is 0. The van der Waals surface area contributed by atoms with E-state index in [4.69, 9.17) is 27.8 Å². The van der Waals surface area contributed by atoms with Crippen LogP contribution in [-0.2, 0) is 9.53 Å². The van der Waals surface area contributed by atoms with Crippen LogP contribution in [0.25, 0.3) is 0 Å². The van der Waals surface area contributed by atoms with Crippen molar-refractivity contribution in [2.45, 2.75) is 45.1 Å². The van der Waals surface area contributed by atoms with Gasteiger partial charge in [-0.3, -0.25) is 9.59 Å². The lowest BCUT2D eigenvalue weighted by atomic mass is 10.0. The van der Waals surface area contributed by atoms with Crippen LogP contribution in [0.5, 0.6) is 0 Å². The maximum absolute atomic E-state index is 12.1. The number of nitrogen functional groups attached to an aromatic ring is 1. The number of Topliss-reactive ketones (excluding diaryl/α,β-unsaturated/α-hetero) is 1. The average molecular weight is 327 g/mol. The predicted molar refractivity (Wildman–Crippen MR) is 87.9 cm³/mol. The molecule has 0 bridgehead atoms. The summed E-state index contributed by atoms with van der Waals surface area (Å²) in [5.41, 5.74) is 12.0. The van der Waals surface area contributed by atoms with Crippen molar-refractivity contribution in [1.29, 1.82) is 0 Å². The molecule has 0 aromatic heterocycles. The summed E-state index contributed by atoms with van der Waals surface area (Å²) in [6.07, 6.45) is 3.91. The minimum Gasteiger partial charge on any atom is -0.465 e. The van der Waals surface area contributed by atoms with E-state index in [0.29, 0.717) is 17.2 Å². The standard InChI is InChI=1S/C16H23ClN2O3/c1-2-3-4-5-8-22-16(21)14(19)10-15(20)12-7-6-11(17)9-13(12)18/h6-7,9,14H,2-5,8,10,18-19H2,1H3. The van der Waals surface area contributed by atoms with Gasteiger partial charge in [-0.2, -0.15) is 0 Å². The second-order valence-corrected chi connectivity index (χ2v) is 5.63. The van der Waals surface area contributed by atoms with Gasteiger partial charge in [0, 0.05) is 22.7 Å². The van der Waals surface area contributed by atoms with E-state index in [1.54, 1.807) is 6.07 Å². The maximum Gasteiger partial charge on any atom is 0.323 e. The van der Waals surface area contributed by atoms with E-state index in [9.17, 15) is 9.59 Å². The Morgan fingerprint density at radius 2 is 2.00 bits per heavy atom. The molecule has 0 amide bonds. The smallest absolute Gasteiger partial charge is 0.323 e. The van der Waals surface area contributed by atoms with Crippen molar-refractivity contribution in [3.8, 4) is 0 Å². The third-order valence-corrected chi connectivity index (χ3v) is 3.50. The number of anilines is 1. The average Bonchev–Trinajstić information content (AvgIpc) is 2.46. The summed E-state index contributed by atoms with van der Waals surface area (Å²) in [5.74, 6) is -0.859. The van der Waals surface area contributed by atoms with Crippen LogP contribution in [0.3, 0.4) is 0 Å². The van der Waals surface area contributed by atoms with E-state index >= 15 is 0 Å². The third kappa shape index (κ3) is 6.03. The van der Waals surface area contributed by atoms with Gasteiger partial charge in [-0.1, -0.05) is 37.8 Å². The number of ketones is 1. The topological polar surface area (TPSA) is 95.4 Å². The van der Waals surface area contributed by atoms with Crippen LogP contribution in [0.2, 0.25) is 5.02 Å². The van der Waals surface area contributed by atoms with E-state index in [0.717, 1.165) is 25.7 Å². The summed E-state index contributed by atoms with van der Waals surface area (Å²) in [6.45, 7) is 2.44. The van der Waals surface area contributed by atoms with Crippen molar-refractivity contribution in [3.63, 3.8) is 0 Å². The lowest BCUT2D eigenvalue weighted by Crippen LogP contribution is -2.34. The molecule has 0 saturated carbocycles. The zero-order valence-electron chi connectivity index (χ0n) is 12.8. The Morgan fingerprint density at radius 1 is 1.27 bits per heavy atom. The number of rotatable bonds is 9. The number of hydrogen-bond acceptors (Lipinski definition) is 5. The van der Waals surface area contributed by atoms with Gasteiger partial charge in [-0.25, -0.2) is 0 Å². The SMILES string of the molecule is CCCCCCOC(=O)C(N)CC(=O)c1ccc(Cl)cc1N. The molecule has 1 unspecified atom stereocenters. The number of hydrogen-bond donors (Lipinski definition) is 2. The lowest BCUT2D eigenvalue weighted by Gasteiger charge is -2.12. The summed E-state index contributed by atoms with van der Waals surface area (Å²) in [6, 6.07) is 3.62. The van der Waals surface area contributed by atoms with Crippen molar-refractivity contribution < 1.29 is 14.3 Å². The number of benzene rings is 1. The van der Waals surface area contributed by atoms with E-state index in [1.165, 1.54) is 12.1 Å². The van der Waals surface area contributed by atoms with E-state index in [1.807, 2.05) is 0 Å². The van der Waals surface area contributed by atoms with Crippen LogP contribution in [0, 0.1) is 0 Å². The number of ether oxygens (including phenoxy) is 1. The van der Waals surface area contributed by atoms with E-state index < -0.39 is 12.0 Å². The summed E-state index contributed by atoms with van der Waals surface area (Å²) in [4.78, 5) is 23.8.